The van der Waals surface area contributed by atoms with Crippen LogP contribution in [0, 0.1) is 0 Å². The normalized spacial score (nSPS) is 11.2. The predicted molar refractivity (Wildman–Crippen MR) is 59.2 cm³/mol. The molecule has 5 heteroatoms. The zero-order valence-electron chi connectivity index (χ0n) is 9.18. The molecule has 0 aliphatic carbocycles. The van der Waals surface area contributed by atoms with Crippen LogP contribution in [0.2, 0.25) is 0 Å². The molecule has 0 aliphatic heterocycles. The van der Waals surface area contributed by atoms with E-state index in [0.29, 0.717) is 11.9 Å². The van der Waals surface area contributed by atoms with E-state index in [1.807, 2.05) is 30.2 Å². The molecule has 0 fully saturated rings. The van der Waals surface area contributed by atoms with Crippen LogP contribution in [0.5, 0.6) is 0 Å². The zero-order valence-corrected chi connectivity index (χ0v) is 9.18. The van der Waals surface area contributed by atoms with Gasteiger partial charge in [-0.3, -0.25) is 9.36 Å². The third kappa shape index (κ3) is 1.72. The Kier molecular flexibility index (Phi) is 2.22. The highest BCUT2D eigenvalue weighted by Gasteiger charge is 2.08. The van der Waals surface area contributed by atoms with Gasteiger partial charge in [-0.05, 0) is 13.8 Å². The summed E-state index contributed by atoms with van der Waals surface area (Å²) in [6, 6.07) is 2.21. The van der Waals surface area contributed by atoms with Crippen molar-refractivity contribution in [2.75, 3.05) is 5.73 Å². The lowest BCUT2D eigenvalue weighted by Crippen LogP contribution is -1.99. The molecule has 80 valence electrons. The van der Waals surface area contributed by atoms with Crippen LogP contribution in [-0.2, 0) is 7.05 Å². The monoisotopic (exact) mass is 205 g/mol. The Morgan fingerprint density at radius 1 is 1.40 bits per heavy atom. The number of rotatable bonds is 2. The van der Waals surface area contributed by atoms with Crippen molar-refractivity contribution < 1.29 is 0 Å². The van der Waals surface area contributed by atoms with Crippen LogP contribution in [-0.4, -0.2) is 19.6 Å². The average Bonchev–Trinajstić information content (AvgIpc) is 2.74. The number of aromatic nitrogens is 4. The van der Waals surface area contributed by atoms with Gasteiger partial charge in [0.15, 0.2) is 0 Å². The molecule has 0 bridgehead atoms. The number of nitrogens with two attached hydrogens (primary N) is 1. The minimum Gasteiger partial charge on any atom is -0.384 e. The first-order chi connectivity index (χ1) is 7.08. The van der Waals surface area contributed by atoms with Gasteiger partial charge in [-0.15, -0.1) is 0 Å². The topological polar surface area (TPSA) is 61.7 Å². The largest absolute Gasteiger partial charge is 0.384 e. The molecule has 2 heterocycles. The Morgan fingerprint density at radius 3 is 2.60 bits per heavy atom. The molecule has 0 amide bonds. The van der Waals surface area contributed by atoms with Gasteiger partial charge in [0.2, 0.25) is 0 Å². The van der Waals surface area contributed by atoms with Gasteiger partial charge < -0.3 is 5.73 Å². The first kappa shape index (κ1) is 9.76. The van der Waals surface area contributed by atoms with E-state index in [4.69, 9.17) is 5.73 Å². The summed E-state index contributed by atoms with van der Waals surface area (Å²) in [5.41, 5.74) is 7.58. The van der Waals surface area contributed by atoms with Crippen LogP contribution in [0.15, 0.2) is 18.5 Å². The number of aryl methyl sites for hydroxylation is 1. The van der Waals surface area contributed by atoms with E-state index in [9.17, 15) is 0 Å². The number of hydrogen-bond donors (Lipinski definition) is 1. The van der Waals surface area contributed by atoms with E-state index in [1.165, 1.54) is 0 Å². The van der Waals surface area contributed by atoms with Gasteiger partial charge in [-0.1, -0.05) is 0 Å². The fourth-order valence-electron chi connectivity index (χ4n) is 1.38. The molecule has 0 spiro atoms. The van der Waals surface area contributed by atoms with E-state index in [1.54, 1.807) is 4.68 Å². The van der Waals surface area contributed by atoms with Gasteiger partial charge >= 0.3 is 0 Å². The number of nitrogen functional groups attached to an aromatic ring is 1. The van der Waals surface area contributed by atoms with Gasteiger partial charge in [0.25, 0.3) is 0 Å². The van der Waals surface area contributed by atoms with E-state index < -0.39 is 0 Å². The van der Waals surface area contributed by atoms with Crippen molar-refractivity contribution in [1.82, 2.24) is 19.6 Å². The first-order valence-electron chi connectivity index (χ1n) is 4.92. The van der Waals surface area contributed by atoms with Crippen LogP contribution in [0.25, 0.3) is 11.3 Å². The van der Waals surface area contributed by atoms with Crippen molar-refractivity contribution >= 4 is 5.82 Å². The summed E-state index contributed by atoms with van der Waals surface area (Å²) in [7, 11) is 1.83. The van der Waals surface area contributed by atoms with Crippen LogP contribution >= 0.6 is 0 Å². The fourth-order valence-corrected chi connectivity index (χ4v) is 1.38. The summed E-state index contributed by atoms with van der Waals surface area (Å²) < 4.78 is 3.56. The smallest absolute Gasteiger partial charge is 0.121 e. The highest BCUT2D eigenvalue weighted by atomic mass is 15.3. The quantitative estimate of drug-likeness (QED) is 0.807. The third-order valence-electron chi connectivity index (χ3n) is 2.34. The van der Waals surface area contributed by atoms with E-state index >= 15 is 0 Å². The molecule has 0 saturated carbocycles. The first-order valence-corrected chi connectivity index (χ1v) is 4.92. The van der Waals surface area contributed by atoms with Crippen molar-refractivity contribution in [1.29, 1.82) is 0 Å². The van der Waals surface area contributed by atoms with E-state index in [0.717, 1.165) is 11.3 Å². The van der Waals surface area contributed by atoms with Crippen LogP contribution in [0.1, 0.15) is 19.9 Å². The molecule has 0 saturated heterocycles. The predicted octanol–water partition coefficient (Wildman–Crippen LogP) is 1.45. The molecule has 2 rings (SSSR count). The SMILES string of the molecule is CC(C)n1cc(-c2cc(N)n(C)n2)cn1. The van der Waals surface area contributed by atoms with Gasteiger partial charge in [0.1, 0.15) is 5.82 Å². The number of nitrogens with zero attached hydrogens (tertiary/aromatic N) is 4. The molecule has 2 N–H and O–H groups in total. The minimum absolute atomic E-state index is 0.361. The molecule has 15 heavy (non-hydrogen) atoms. The lowest BCUT2D eigenvalue weighted by Gasteiger charge is -2.02. The number of hydrogen-bond acceptors (Lipinski definition) is 3. The summed E-state index contributed by atoms with van der Waals surface area (Å²) in [6.07, 6.45) is 3.79. The summed E-state index contributed by atoms with van der Waals surface area (Å²) in [5, 5.41) is 8.55. The van der Waals surface area contributed by atoms with E-state index in [2.05, 4.69) is 24.0 Å². The summed E-state index contributed by atoms with van der Waals surface area (Å²) in [5.74, 6) is 0.655. The van der Waals surface area contributed by atoms with Gasteiger partial charge in [0.05, 0.1) is 11.9 Å². The molecule has 5 nitrogen and oxygen atoms in total. The maximum Gasteiger partial charge on any atom is 0.121 e. The Morgan fingerprint density at radius 2 is 2.13 bits per heavy atom. The molecular formula is C10H15N5. The lowest BCUT2D eigenvalue weighted by atomic mass is 10.2. The maximum absolute atomic E-state index is 5.72. The maximum atomic E-state index is 5.72. The lowest BCUT2D eigenvalue weighted by molar-refractivity contribution is 0.532. The second-order valence-corrected chi connectivity index (χ2v) is 3.88. The Hall–Kier alpha value is -1.78. The molecule has 0 radical (unpaired) electrons. The van der Waals surface area contributed by atoms with E-state index in [-0.39, 0.29) is 0 Å². The molecule has 0 atom stereocenters. The highest BCUT2D eigenvalue weighted by Crippen LogP contribution is 2.20. The molecular weight excluding hydrogens is 190 g/mol. The Bertz CT molecular complexity index is 446. The molecule has 0 aliphatic rings. The van der Waals surface area contributed by atoms with Crippen molar-refractivity contribution in [2.45, 2.75) is 19.9 Å². The molecule has 0 unspecified atom stereocenters. The minimum atomic E-state index is 0.361. The second kappa shape index (κ2) is 3.42. The van der Waals surface area contributed by atoms with Crippen molar-refractivity contribution in [3.63, 3.8) is 0 Å². The Labute approximate surface area is 88.5 Å². The van der Waals surface area contributed by atoms with Crippen molar-refractivity contribution in [2.24, 2.45) is 7.05 Å². The van der Waals surface area contributed by atoms with Crippen LogP contribution in [0.3, 0.4) is 0 Å². The van der Waals surface area contributed by atoms with Crippen molar-refractivity contribution in [3.8, 4) is 11.3 Å². The molecule has 0 aromatic carbocycles. The van der Waals surface area contributed by atoms with Gasteiger partial charge in [0, 0.05) is 30.9 Å². The summed E-state index contributed by atoms with van der Waals surface area (Å²) in [4.78, 5) is 0. The second-order valence-electron chi connectivity index (χ2n) is 3.88. The summed E-state index contributed by atoms with van der Waals surface area (Å²) in [6.45, 7) is 4.17. The molecule has 2 aromatic rings. The third-order valence-corrected chi connectivity index (χ3v) is 2.34. The van der Waals surface area contributed by atoms with Crippen LogP contribution < -0.4 is 5.73 Å². The van der Waals surface area contributed by atoms with Gasteiger partial charge in [-0.25, -0.2) is 0 Å². The fraction of sp³-hybridized carbons (Fsp3) is 0.400. The zero-order chi connectivity index (χ0) is 11.0. The average molecular weight is 205 g/mol. The Balaban J connectivity index is 2.37. The summed E-state index contributed by atoms with van der Waals surface area (Å²) >= 11 is 0. The molecule has 2 aromatic heterocycles. The number of anilines is 1. The van der Waals surface area contributed by atoms with Crippen molar-refractivity contribution in [3.05, 3.63) is 18.5 Å². The standard InChI is InChI=1S/C10H15N5/c1-7(2)15-6-8(5-12-15)9-4-10(11)14(3)13-9/h4-7H,11H2,1-3H3. The van der Waals surface area contributed by atoms with Crippen LogP contribution in [0.4, 0.5) is 5.82 Å². The van der Waals surface area contributed by atoms with Gasteiger partial charge in [-0.2, -0.15) is 10.2 Å². The highest BCUT2D eigenvalue weighted by molar-refractivity contribution is 5.60.